The summed E-state index contributed by atoms with van der Waals surface area (Å²) in [6.45, 7) is 17.0. The average Bonchev–Trinajstić information content (AvgIpc) is 2.47. The quantitative estimate of drug-likeness (QED) is 0.899. The maximum absolute atomic E-state index is 3.78. The minimum absolute atomic E-state index is 0.244. The van der Waals surface area contributed by atoms with Crippen molar-refractivity contribution in [1.82, 2.24) is 10.2 Å². The van der Waals surface area contributed by atoms with E-state index < -0.39 is 0 Å². The molecule has 1 aliphatic heterocycles. The zero-order valence-corrected chi connectivity index (χ0v) is 14.7. The second kappa shape index (κ2) is 6.10. The molecule has 1 saturated heterocycles. The average molecular weight is 288 g/mol. The number of nitrogens with zero attached hydrogens (tertiary/aromatic N) is 1. The van der Waals surface area contributed by atoms with Gasteiger partial charge in [0.15, 0.2) is 0 Å². The van der Waals surface area contributed by atoms with E-state index in [1.807, 2.05) is 0 Å². The zero-order valence-electron chi connectivity index (χ0n) is 14.7. The van der Waals surface area contributed by atoms with Gasteiger partial charge in [-0.2, -0.15) is 0 Å². The Morgan fingerprint density at radius 3 is 2.38 bits per heavy atom. The molecular weight excluding hydrogens is 256 g/mol. The molecule has 0 spiro atoms. The normalized spacial score (nSPS) is 30.6. The van der Waals surface area contributed by atoms with Crippen LogP contribution in [0.3, 0.4) is 0 Å². The van der Waals surface area contributed by atoms with Crippen LogP contribution in [-0.2, 0) is 6.54 Å². The van der Waals surface area contributed by atoms with Crippen LogP contribution >= 0.6 is 0 Å². The number of hydrogen-bond donors (Lipinski definition) is 1. The maximum atomic E-state index is 3.78. The molecule has 1 aromatic carbocycles. The first kappa shape index (κ1) is 16.5. The maximum Gasteiger partial charge on any atom is 0.0307 e. The summed E-state index contributed by atoms with van der Waals surface area (Å²) in [5.74, 6) is 0. The number of rotatable bonds is 4. The molecule has 1 N–H and O–H groups in total. The number of aryl methyl sites for hydroxylation is 2. The van der Waals surface area contributed by atoms with Crippen molar-refractivity contribution < 1.29 is 0 Å². The topological polar surface area (TPSA) is 15.3 Å². The Balaban J connectivity index is 2.22. The Morgan fingerprint density at radius 1 is 1.10 bits per heavy atom. The van der Waals surface area contributed by atoms with Crippen molar-refractivity contribution in [3.63, 3.8) is 0 Å². The molecule has 1 aromatic rings. The van der Waals surface area contributed by atoms with Crippen molar-refractivity contribution in [3.8, 4) is 0 Å². The van der Waals surface area contributed by atoms with E-state index in [0.717, 1.165) is 19.6 Å². The molecule has 118 valence electrons. The van der Waals surface area contributed by atoms with Crippen molar-refractivity contribution in [2.75, 3.05) is 13.1 Å². The van der Waals surface area contributed by atoms with Gasteiger partial charge in [-0.1, -0.05) is 32.0 Å². The van der Waals surface area contributed by atoms with Gasteiger partial charge in [0.05, 0.1) is 0 Å². The van der Waals surface area contributed by atoms with E-state index in [1.54, 1.807) is 0 Å². The van der Waals surface area contributed by atoms with Crippen LogP contribution in [0.4, 0.5) is 0 Å². The van der Waals surface area contributed by atoms with Gasteiger partial charge in [0.2, 0.25) is 0 Å². The first-order chi connectivity index (χ1) is 9.82. The van der Waals surface area contributed by atoms with Crippen LogP contribution in [0.25, 0.3) is 0 Å². The highest BCUT2D eigenvalue weighted by Crippen LogP contribution is 2.30. The predicted octanol–water partition coefficient (Wildman–Crippen LogP) is 4.05. The van der Waals surface area contributed by atoms with E-state index >= 15 is 0 Å². The molecule has 2 unspecified atom stereocenters. The van der Waals surface area contributed by atoms with Crippen LogP contribution in [0.1, 0.15) is 57.2 Å². The van der Waals surface area contributed by atoms with Gasteiger partial charge in [0, 0.05) is 30.7 Å². The molecule has 1 fully saturated rings. The second-order valence-corrected chi connectivity index (χ2v) is 7.39. The molecular formula is C19H32N2. The van der Waals surface area contributed by atoms with E-state index in [1.165, 1.54) is 29.5 Å². The van der Waals surface area contributed by atoms with Gasteiger partial charge in [-0.05, 0) is 57.2 Å². The minimum Gasteiger partial charge on any atom is -0.308 e. The second-order valence-electron chi connectivity index (χ2n) is 7.39. The Labute approximate surface area is 130 Å². The highest BCUT2D eigenvalue weighted by molar-refractivity contribution is 5.30. The lowest BCUT2D eigenvalue weighted by Gasteiger charge is -2.52. The molecule has 0 aliphatic carbocycles. The summed E-state index contributed by atoms with van der Waals surface area (Å²) < 4.78 is 0. The van der Waals surface area contributed by atoms with Gasteiger partial charge in [-0.25, -0.2) is 0 Å². The van der Waals surface area contributed by atoms with Crippen molar-refractivity contribution in [2.45, 2.75) is 72.0 Å². The van der Waals surface area contributed by atoms with Crippen LogP contribution in [-0.4, -0.2) is 29.1 Å². The summed E-state index contributed by atoms with van der Waals surface area (Å²) in [4.78, 5) is 2.69. The van der Waals surface area contributed by atoms with Gasteiger partial charge in [0.25, 0.3) is 0 Å². The van der Waals surface area contributed by atoms with Crippen molar-refractivity contribution >= 4 is 0 Å². The van der Waals surface area contributed by atoms with Gasteiger partial charge in [-0.15, -0.1) is 0 Å². The summed E-state index contributed by atoms with van der Waals surface area (Å²) in [5.41, 5.74) is 4.73. The van der Waals surface area contributed by atoms with Crippen molar-refractivity contribution in [3.05, 3.63) is 34.9 Å². The molecule has 2 atom stereocenters. The third-order valence-electron chi connectivity index (χ3n) is 5.69. The minimum atomic E-state index is 0.244. The van der Waals surface area contributed by atoms with Gasteiger partial charge >= 0.3 is 0 Å². The summed E-state index contributed by atoms with van der Waals surface area (Å²) >= 11 is 0. The first-order valence-corrected chi connectivity index (χ1v) is 8.38. The molecule has 1 heterocycles. The van der Waals surface area contributed by atoms with E-state index in [0.29, 0.717) is 0 Å². The van der Waals surface area contributed by atoms with Crippen LogP contribution in [0.2, 0.25) is 0 Å². The van der Waals surface area contributed by atoms with E-state index in [2.05, 4.69) is 70.0 Å². The highest BCUT2D eigenvalue weighted by Gasteiger charge is 2.40. The van der Waals surface area contributed by atoms with Crippen LogP contribution < -0.4 is 5.32 Å². The fourth-order valence-corrected chi connectivity index (χ4v) is 3.14. The lowest BCUT2D eigenvalue weighted by molar-refractivity contribution is 0.0104. The molecule has 21 heavy (non-hydrogen) atoms. The zero-order chi connectivity index (χ0) is 15.7. The number of benzene rings is 1. The largest absolute Gasteiger partial charge is 0.308 e. The summed E-state index contributed by atoms with van der Waals surface area (Å²) in [6, 6.07) is 6.91. The summed E-state index contributed by atoms with van der Waals surface area (Å²) in [5, 5.41) is 3.78. The van der Waals surface area contributed by atoms with E-state index in [-0.39, 0.29) is 11.1 Å². The van der Waals surface area contributed by atoms with E-state index in [4.69, 9.17) is 0 Å². The molecule has 1 aliphatic rings. The third kappa shape index (κ3) is 3.49. The third-order valence-corrected chi connectivity index (χ3v) is 5.69. The Morgan fingerprint density at radius 2 is 1.81 bits per heavy atom. The highest BCUT2D eigenvalue weighted by atomic mass is 15.3. The number of hydrogen-bond acceptors (Lipinski definition) is 2. The fourth-order valence-electron chi connectivity index (χ4n) is 3.14. The molecule has 0 radical (unpaired) electrons. The predicted molar refractivity (Wildman–Crippen MR) is 91.7 cm³/mol. The van der Waals surface area contributed by atoms with Crippen molar-refractivity contribution in [1.29, 1.82) is 0 Å². The molecule has 0 amide bonds. The Kier molecular flexibility index (Phi) is 4.79. The molecule has 2 heteroatoms. The summed E-state index contributed by atoms with van der Waals surface area (Å²) in [7, 11) is 0. The van der Waals surface area contributed by atoms with Crippen LogP contribution in [0, 0.1) is 13.8 Å². The Hall–Kier alpha value is -0.860. The van der Waals surface area contributed by atoms with Gasteiger partial charge < -0.3 is 5.32 Å². The lowest BCUT2D eigenvalue weighted by Crippen LogP contribution is -2.67. The molecule has 0 saturated carbocycles. The standard InChI is InChI=1S/C19H32N2/c1-7-18(5)14-21(19(6,8-2)13-20-18)12-17-10-9-15(3)16(4)11-17/h9-11,20H,7-8,12-14H2,1-6H3. The molecule has 0 aromatic heterocycles. The van der Waals surface area contributed by atoms with E-state index in [9.17, 15) is 0 Å². The van der Waals surface area contributed by atoms with Crippen molar-refractivity contribution in [2.24, 2.45) is 0 Å². The summed E-state index contributed by atoms with van der Waals surface area (Å²) in [6.07, 6.45) is 2.36. The van der Waals surface area contributed by atoms with Gasteiger partial charge in [0.1, 0.15) is 0 Å². The molecule has 2 nitrogen and oxygen atoms in total. The Bertz CT molecular complexity index is 496. The lowest BCUT2D eigenvalue weighted by atomic mass is 9.85. The number of nitrogens with one attached hydrogen (secondary N) is 1. The number of piperazine rings is 1. The SMILES string of the molecule is CCC1(C)CN(Cc2ccc(C)c(C)c2)C(C)(CC)CN1. The molecule has 2 rings (SSSR count). The van der Waals surface area contributed by atoms with Crippen LogP contribution in [0.15, 0.2) is 18.2 Å². The first-order valence-electron chi connectivity index (χ1n) is 8.38. The monoisotopic (exact) mass is 288 g/mol. The van der Waals surface area contributed by atoms with Gasteiger partial charge in [-0.3, -0.25) is 4.90 Å². The van der Waals surface area contributed by atoms with Crippen LogP contribution in [0.5, 0.6) is 0 Å². The fraction of sp³-hybridized carbons (Fsp3) is 0.684. The molecule has 0 bridgehead atoms. The smallest absolute Gasteiger partial charge is 0.0307 e.